The molecule has 14 nitrogen and oxygen atoms in total. The van der Waals surface area contributed by atoms with Crippen LogP contribution >= 0.6 is 0 Å². The molecule has 1 rings (SSSR count). The Balaban J connectivity index is 2.96. The highest BCUT2D eigenvalue weighted by Crippen LogP contribution is 2.05. The summed E-state index contributed by atoms with van der Waals surface area (Å²) in [6, 6.07) is -1.00. The highest BCUT2D eigenvalue weighted by molar-refractivity contribution is 5.84. The van der Waals surface area contributed by atoms with E-state index in [0.29, 0.717) is 12.8 Å². The van der Waals surface area contributed by atoms with E-state index < -0.39 is 35.8 Å². The van der Waals surface area contributed by atoms with Gasteiger partial charge in [-0.3, -0.25) is 38.8 Å². The first kappa shape index (κ1) is 32.2. The lowest BCUT2D eigenvalue weighted by Crippen LogP contribution is -2.51. The number of nitrogens with one attached hydrogen (secondary N) is 1. The molecule has 0 bridgehead atoms. The van der Waals surface area contributed by atoms with Crippen molar-refractivity contribution in [3.8, 4) is 0 Å². The van der Waals surface area contributed by atoms with Crippen molar-refractivity contribution in [2.75, 3.05) is 78.5 Å². The van der Waals surface area contributed by atoms with E-state index in [1.54, 1.807) is 19.6 Å². The molecule has 1 aliphatic heterocycles. The predicted octanol–water partition coefficient (Wildman–Crippen LogP) is -1.39. The quantitative estimate of drug-likeness (QED) is 0.165. The zero-order valence-electron chi connectivity index (χ0n) is 21.5. The van der Waals surface area contributed by atoms with Crippen molar-refractivity contribution in [3.63, 3.8) is 0 Å². The maximum absolute atomic E-state index is 12.7. The van der Waals surface area contributed by atoms with Crippen LogP contribution in [0.3, 0.4) is 0 Å². The van der Waals surface area contributed by atoms with Gasteiger partial charge in [-0.2, -0.15) is 0 Å². The molecular weight excluding hydrogens is 490 g/mol. The lowest BCUT2D eigenvalue weighted by atomic mass is 10.1. The number of aliphatic carboxylic acids is 4. The van der Waals surface area contributed by atoms with E-state index in [2.05, 4.69) is 5.32 Å². The van der Waals surface area contributed by atoms with Gasteiger partial charge in [-0.15, -0.1) is 0 Å². The van der Waals surface area contributed by atoms with Gasteiger partial charge in [-0.05, 0) is 6.42 Å². The van der Waals surface area contributed by atoms with E-state index in [1.807, 2.05) is 6.92 Å². The lowest BCUT2D eigenvalue weighted by molar-refractivity contribution is -0.142. The monoisotopic (exact) mass is 531 g/mol. The molecule has 0 aliphatic carbocycles. The zero-order valence-corrected chi connectivity index (χ0v) is 21.5. The van der Waals surface area contributed by atoms with E-state index >= 15 is 0 Å². The van der Waals surface area contributed by atoms with E-state index in [1.165, 1.54) is 0 Å². The molecule has 1 aliphatic rings. The fraction of sp³-hybridized carbons (Fsp3) is 0.783. The Morgan fingerprint density at radius 3 is 1.27 bits per heavy atom. The third-order valence-corrected chi connectivity index (χ3v) is 6.10. The number of hydrogen-bond donors (Lipinski definition) is 5. The average Bonchev–Trinajstić information content (AvgIpc) is 2.79. The van der Waals surface area contributed by atoms with Crippen LogP contribution in [-0.4, -0.2) is 154 Å². The minimum absolute atomic E-state index is 0.121. The van der Waals surface area contributed by atoms with Gasteiger partial charge in [-0.25, -0.2) is 4.79 Å². The lowest BCUT2D eigenvalue weighted by Gasteiger charge is -2.33. The molecule has 212 valence electrons. The first-order chi connectivity index (χ1) is 17.5. The molecule has 1 heterocycles. The van der Waals surface area contributed by atoms with Gasteiger partial charge in [0.1, 0.15) is 6.04 Å². The van der Waals surface area contributed by atoms with Crippen molar-refractivity contribution < 1.29 is 44.4 Å². The molecule has 1 atom stereocenters. The fourth-order valence-electron chi connectivity index (χ4n) is 4.08. The van der Waals surface area contributed by atoms with Gasteiger partial charge in [0.05, 0.1) is 26.2 Å². The van der Waals surface area contributed by atoms with Gasteiger partial charge < -0.3 is 25.7 Å². The van der Waals surface area contributed by atoms with Crippen LogP contribution < -0.4 is 5.32 Å². The van der Waals surface area contributed by atoms with Crippen LogP contribution in [0.2, 0.25) is 0 Å². The SMILES string of the molecule is CCCCC[C@H](NC(=O)CN1CCN(CC(=O)O)CCN(CC(=O)O)CCN(CC(=O)O)CC1)C(=O)O. The van der Waals surface area contributed by atoms with Crippen LogP contribution in [0.5, 0.6) is 0 Å². The van der Waals surface area contributed by atoms with Crippen molar-refractivity contribution in [1.29, 1.82) is 0 Å². The molecule has 0 unspecified atom stereocenters. The van der Waals surface area contributed by atoms with Gasteiger partial charge in [0, 0.05) is 52.4 Å². The molecule has 37 heavy (non-hydrogen) atoms. The number of hydrogen-bond acceptors (Lipinski definition) is 9. The van der Waals surface area contributed by atoms with E-state index in [-0.39, 0.29) is 78.5 Å². The summed E-state index contributed by atoms with van der Waals surface area (Å²) in [6.07, 6.45) is 2.77. The molecule has 1 fully saturated rings. The maximum Gasteiger partial charge on any atom is 0.326 e. The Morgan fingerprint density at radius 2 is 0.973 bits per heavy atom. The third-order valence-electron chi connectivity index (χ3n) is 6.10. The summed E-state index contributed by atoms with van der Waals surface area (Å²) in [5.41, 5.74) is 0. The van der Waals surface area contributed by atoms with Gasteiger partial charge >= 0.3 is 23.9 Å². The molecule has 0 radical (unpaired) electrons. The van der Waals surface area contributed by atoms with Crippen LogP contribution in [-0.2, 0) is 24.0 Å². The Morgan fingerprint density at radius 1 is 0.622 bits per heavy atom. The van der Waals surface area contributed by atoms with Gasteiger partial charge in [0.25, 0.3) is 0 Å². The molecule has 0 aromatic rings. The number of nitrogens with zero attached hydrogens (tertiary/aromatic N) is 4. The highest BCUT2D eigenvalue weighted by Gasteiger charge is 2.23. The number of unbranched alkanes of at least 4 members (excludes halogenated alkanes) is 2. The summed E-state index contributed by atoms with van der Waals surface area (Å²) in [5.74, 6) is -4.69. The minimum atomic E-state index is -1.11. The second-order valence-electron chi connectivity index (χ2n) is 9.24. The van der Waals surface area contributed by atoms with Crippen LogP contribution in [0, 0.1) is 0 Å². The van der Waals surface area contributed by atoms with E-state index in [4.69, 9.17) is 0 Å². The summed E-state index contributed by atoms with van der Waals surface area (Å²) >= 11 is 0. The maximum atomic E-state index is 12.7. The first-order valence-electron chi connectivity index (χ1n) is 12.6. The molecule has 0 aromatic carbocycles. The number of carboxylic acid groups (broad SMARTS) is 4. The number of carboxylic acids is 4. The molecule has 0 spiro atoms. The summed E-state index contributed by atoms with van der Waals surface area (Å²) in [7, 11) is 0. The topological polar surface area (TPSA) is 191 Å². The van der Waals surface area contributed by atoms with E-state index in [9.17, 15) is 44.4 Å². The number of amides is 1. The van der Waals surface area contributed by atoms with Gasteiger partial charge in [0.15, 0.2) is 0 Å². The van der Waals surface area contributed by atoms with Crippen molar-refractivity contribution in [3.05, 3.63) is 0 Å². The summed E-state index contributed by atoms with van der Waals surface area (Å²) < 4.78 is 0. The van der Waals surface area contributed by atoms with Crippen LogP contribution in [0.15, 0.2) is 0 Å². The first-order valence-corrected chi connectivity index (χ1v) is 12.6. The van der Waals surface area contributed by atoms with Crippen molar-refractivity contribution >= 4 is 29.8 Å². The Labute approximate surface area is 216 Å². The average molecular weight is 532 g/mol. The number of rotatable bonds is 14. The highest BCUT2D eigenvalue weighted by atomic mass is 16.4. The molecule has 14 heteroatoms. The number of carbonyl (C=O) groups is 5. The van der Waals surface area contributed by atoms with Crippen LogP contribution in [0.25, 0.3) is 0 Å². The van der Waals surface area contributed by atoms with Crippen molar-refractivity contribution in [2.24, 2.45) is 0 Å². The zero-order chi connectivity index (χ0) is 27.8. The number of carbonyl (C=O) groups excluding carboxylic acids is 1. The van der Waals surface area contributed by atoms with Crippen molar-refractivity contribution in [2.45, 2.75) is 38.6 Å². The Bertz CT molecular complexity index is 735. The third kappa shape index (κ3) is 15.1. The van der Waals surface area contributed by atoms with Gasteiger partial charge in [-0.1, -0.05) is 26.2 Å². The predicted molar refractivity (Wildman–Crippen MR) is 132 cm³/mol. The molecule has 0 saturated carbocycles. The summed E-state index contributed by atoms with van der Waals surface area (Å²) in [6.45, 7) is 3.33. The fourth-order valence-corrected chi connectivity index (χ4v) is 4.08. The Hall–Kier alpha value is -2.81. The second-order valence-corrected chi connectivity index (χ2v) is 9.24. The molecular formula is C23H41N5O9. The molecule has 0 aromatic heterocycles. The van der Waals surface area contributed by atoms with Crippen LogP contribution in [0.1, 0.15) is 32.6 Å². The second kappa shape index (κ2) is 17.6. The summed E-state index contributed by atoms with van der Waals surface area (Å²) in [5, 5.41) is 39.8. The molecule has 5 N–H and O–H groups in total. The Kier molecular flexibility index (Phi) is 15.3. The van der Waals surface area contributed by atoms with Crippen molar-refractivity contribution in [1.82, 2.24) is 24.9 Å². The minimum Gasteiger partial charge on any atom is -0.480 e. The van der Waals surface area contributed by atoms with Gasteiger partial charge in [0.2, 0.25) is 5.91 Å². The van der Waals surface area contributed by atoms with Crippen LogP contribution in [0.4, 0.5) is 0 Å². The largest absolute Gasteiger partial charge is 0.480 e. The summed E-state index contributed by atoms with van der Waals surface area (Å²) in [4.78, 5) is 64.9. The smallest absolute Gasteiger partial charge is 0.326 e. The normalized spacial score (nSPS) is 18.3. The standard InChI is InChI=1S/C23H41N5O9/c1-2-3-4-5-18(23(36)37)24-19(29)14-25-6-8-26(15-20(30)31)10-12-28(17-22(34)35)13-11-27(9-7-25)16-21(32)33/h18H,2-17H2,1H3,(H,24,29)(H,30,31)(H,32,33)(H,34,35)(H,36,37)/t18-/m0/s1. The molecule has 1 saturated heterocycles. The van der Waals surface area contributed by atoms with E-state index in [0.717, 1.165) is 12.8 Å². The molecule has 1 amide bonds.